The molecular weight excluding hydrogens is 216 g/mol. The fourth-order valence-corrected chi connectivity index (χ4v) is 3.44. The highest BCUT2D eigenvalue weighted by atomic mass is 14.4. The smallest absolute Gasteiger partial charge is 0.0111 e. The maximum Gasteiger partial charge on any atom is -0.0111 e. The van der Waals surface area contributed by atoms with Gasteiger partial charge in [0.2, 0.25) is 0 Å². The van der Waals surface area contributed by atoms with Crippen molar-refractivity contribution in [3.63, 3.8) is 0 Å². The van der Waals surface area contributed by atoms with Crippen LogP contribution in [0.4, 0.5) is 0 Å². The lowest BCUT2D eigenvalue weighted by Crippen LogP contribution is -2.27. The molecule has 0 spiro atoms. The van der Waals surface area contributed by atoms with E-state index >= 15 is 0 Å². The van der Waals surface area contributed by atoms with Crippen LogP contribution in [0.5, 0.6) is 0 Å². The lowest BCUT2D eigenvalue weighted by Gasteiger charge is -2.37. The molecule has 0 bridgehead atoms. The fourth-order valence-electron chi connectivity index (χ4n) is 3.44. The molecule has 1 aromatic rings. The van der Waals surface area contributed by atoms with Crippen LogP contribution in [0.15, 0.2) is 6.07 Å². The van der Waals surface area contributed by atoms with E-state index in [2.05, 4.69) is 53.7 Å². The molecule has 1 aliphatic carbocycles. The standard InChI is InChI=1S/C18H27/c1-11-7-17(8-12(2)15(11)5)18-9-13(3)16(6)14(4)10-18/h7,13-14,16,18H,9-10H2,1-6H3. The fraction of sp³-hybridized carbons (Fsp3) is 0.667. The van der Waals surface area contributed by atoms with Crippen molar-refractivity contribution >= 4 is 0 Å². The third-order valence-corrected chi connectivity index (χ3v) is 5.41. The first kappa shape index (κ1) is 13.6. The van der Waals surface area contributed by atoms with E-state index in [1.165, 1.54) is 35.1 Å². The molecule has 2 atom stereocenters. The molecule has 99 valence electrons. The molecule has 0 heterocycles. The number of hydrogen-bond donors (Lipinski definition) is 0. The molecule has 0 nitrogen and oxygen atoms in total. The van der Waals surface area contributed by atoms with Gasteiger partial charge in [0.05, 0.1) is 0 Å². The first-order chi connectivity index (χ1) is 8.40. The monoisotopic (exact) mass is 243 g/mol. The van der Waals surface area contributed by atoms with Crippen molar-refractivity contribution in [3.05, 3.63) is 34.4 Å². The summed E-state index contributed by atoms with van der Waals surface area (Å²) in [7, 11) is 0. The second kappa shape index (κ2) is 5.07. The summed E-state index contributed by atoms with van der Waals surface area (Å²) >= 11 is 0. The van der Waals surface area contributed by atoms with Crippen molar-refractivity contribution in [2.75, 3.05) is 0 Å². The van der Waals surface area contributed by atoms with Crippen molar-refractivity contribution in [1.29, 1.82) is 0 Å². The molecule has 0 aromatic heterocycles. The van der Waals surface area contributed by atoms with Gasteiger partial charge in [0.15, 0.2) is 0 Å². The molecule has 0 aliphatic heterocycles. The third-order valence-electron chi connectivity index (χ3n) is 5.41. The molecule has 1 fully saturated rings. The van der Waals surface area contributed by atoms with Gasteiger partial charge in [0.1, 0.15) is 0 Å². The summed E-state index contributed by atoms with van der Waals surface area (Å²) in [5, 5.41) is 0. The molecule has 0 heteroatoms. The van der Waals surface area contributed by atoms with Crippen molar-refractivity contribution in [2.24, 2.45) is 17.8 Å². The quantitative estimate of drug-likeness (QED) is 0.636. The average Bonchev–Trinajstić information content (AvgIpc) is 2.31. The summed E-state index contributed by atoms with van der Waals surface area (Å²) in [6.07, 6.45) is 2.67. The molecule has 0 N–H and O–H groups in total. The van der Waals surface area contributed by atoms with Crippen LogP contribution < -0.4 is 0 Å². The van der Waals surface area contributed by atoms with Gasteiger partial charge in [0, 0.05) is 0 Å². The van der Waals surface area contributed by atoms with Gasteiger partial charge in [-0.1, -0.05) is 26.8 Å². The van der Waals surface area contributed by atoms with Gasteiger partial charge >= 0.3 is 0 Å². The molecule has 18 heavy (non-hydrogen) atoms. The van der Waals surface area contributed by atoms with Crippen LogP contribution in [-0.4, -0.2) is 0 Å². The van der Waals surface area contributed by atoms with Gasteiger partial charge in [-0.05, 0) is 85.6 Å². The Hall–Kier alpha value is -0.780. The van der Waals surface area contributed by atoms with Crippen molar-refractivity contribution < 1.29 is 0 Å². The van der Waals surface area contributed by atoms with Gasteiger partial charge in [-0.3, -0.25) is 0 Å². The molecule has 0 saturated heterocycles. The van der Waals surface area contributed by atoms with Crippen LogP contribution in [0.3, 0.4) is 0 Å². The SMILES string of the molecule is Cc1[c]c(C2CC(C)C(C)C(C)C2)cc(C)c1C. The summed E-state index contributed by atoms with van der Waals surface area (Å²) in [6.45, 7) is 13.9. The van der Waals surface area contributed by atoms with Crippen LogP contribution >= 0.6 is 0 Å². The topological polar surface area (TPSA) is 0 Å². The Balaban J connectivity index is 2.27. The largest absolute Gasteiger partial charge is 0.0622 e. The van der Waals surface area contributed by atoms with Crippen molar-refractivity contribution in [1.82, 2.24) is 0 Å². The minimum absolute atomic E-state index is 0.726. The summed E-state index contributed by atoms with van der Waals surface area (Å²) < 4.78 is 0. The molecule has 1 saturated carbocycles. The molecule has 1 radical (unpaired) electrons. The number of rotatable bonds is 1. The van der Waals surface area contributed by atoms with Crippen LogP contribution in [0.25, 0.3) is 0 Å². The van der Waals surface area contributed by atoms with Gasteiger partial charge in [-0.15, -0.1) is 0 Å². The van der Waals surface area contributed by atoms with Gasteiger partial charge in [-0.2, -0.15) is 0 Å². The first-order valence-electron chi connectivity index (χ1n) is 7.40. The maximum absolute atomic E-state index is 3.64. The van der Waals surface area contributed by atoms with E-state index in [1.807, 2.05) is 0 Å². The summed E-state index contributed by atoms with van der Waals surface area (Å²) in [5.74, 6) is 3.28. The second-order valence-electron chi connectivity index (χ2n) is 6.64. The van der Waals surface area contributed by atoms with E-state index in [-0.39, 0.29) is 0 Å². The van der Waals surface area contributed by atoms with Gasteiger partial charge in [0.25, 0.3) is 0 Å². The Kier molecular flexibility index (Phi) is 3.84. The number of aryl methyl sites for hydroxylation is 2. The van der Waals surface area contributed by atoms with E-state index in [0.717, 1.165) is 23.7 Å². The van der Waals surface area contributed by atoms with E-state index < -0.39 is 0 Å². The summed E-state index contributed by atoms with van der Waals surface area (Å²) in [4.78, 5) is 0. The van der Waals surface area contributed by atoms with E-state index in [1.54, 1.807) is 0 Å². The van der Waals surface area contributed by atoms with Gasteiger partial charge in [-0.25, -0.2) is 0 Å². The zero-order chi connectivity index (χ0) is 13.4. The highest BCUT2D eigenvalue weighted by molar-refractivity contribution is 5.37. The number of hydrogen-bond acceptors (Lipinski definition) is 0. The lowest BCUT2D eigenvalue weighted by molar-refractivity contribution is 0.175. The second-order valence-corrected chi connectivity index (χ2v) is 6.64. The zero-order valence-corrected chi connectivity index (χ0v) is 12.8. The van der Waals surface area contributed by atoms with Gasteiger partial charge < -0.3 is 0 Å². The predicted octanol–water partition coefficient (Wildman–Crippen LogP) is 5.20. The van der Waals surface area contributed by atoms with E-state index in [4.69, 9.17) is 0 Å². The summed E-state index contributed by atoms with van der Waals surface area (Å²) in [5.41, 5.74) is 5.63. The number of benzene rings is 1. The molecule has 1 aromatic carbocycles. The van der Waals surface area contributed by atoms with Crippen LogP contribution in [0.1, 0.15) is 61.8 Å². The highest BCUT2D eigenvalue weighted by Gasteiger charge is 2.31. The Morgan fingerprint density at radius 1 is 1.00 bits per heavy atom. The molecule has 1 aliphatic rings. The highest BCUT2D eigenvalue weighted by Crippen LogP contribution is 2.42. The first-order valence-corrected chi connectivity index (χ1v) is 7.40. The maximum atomic E-state index is 3.64. The average molecular weight is 243 g/mol. The minimum atomic E-state index is 0.726. The Morgan fingerprint density at radius 2 is 1.56 bits per heavy atom. The third kappa shape index (κ3) is 2.48. The molecule has 2 rings (SSSR count). The summed E-state index contributed by atoms with van der Waals surface area (Å²) in [6, 6.07) is 6.02. The minimum Gasteiger partial charge on any atom is -0.0622 e. The Bertz CT molecular complexity index is 395. The van der Waals surface area contributed by atoms with Crippen LogP contribution in [0, 0.1) is 44.6 Å². The molecular formula is C18H27. The lowest BCUT2D eigenvalue weighted by atomic mass is 9.68. The van der Waals surface area contributed by atoms with Crippen molar-refractivity contribution in [2.45, 2.75) is 60.3 Å². The zero-order valence-electron chi connectivity index (χ0n) is 12.8. The van der Waals surface area contributed by atoms with Crippen molar-refractivity contribution in [3.8, 4) is 0 Å². The predicted molar refractivity (Wildman–Crippen MR) is 79.0 cm³/mol. The van der Waals surface area contributed by atoms with E-state index in [0.29, 0.717) is 0 Å². The van der Waals surface area contributed by atoms with Crippen LogP contribution in [-0.2, 0) is 0 Å². The Morgan fingerprint density at radius 3 is 2.06 bits per heavy atom. The van der Waals surface area contributed by atoms with Crippen LogP contribution in [0.2, 0.25) is 0 Å². The Labute approximate surface area is 113 Å². The normalized spacial score (nSPS) is 32.6. The van der Waals surface area contributed by atoms with E-state index in [9.17, 15) is 0 Å². The molecule has 2 unspecified atom stereocenters. The molecule has 0 amide bonds.